The lowest BCUT2D eigenvalue weighted by Crippen LogP contribution is -2.01. The van der Waals surface area contributed by atoms with Crippen molar-refractivity contribution >= 4 is 35.0 Å². The summed E-state index contributed by atoms with van der Waals surface area (Å²) in [5.41, 5.74) is 1.99. The molecule has 0 aliphatic carbocycles. The Bertz CT molecular complexity index is 848. The fourth-order valence-electron chi connectivity index (χ4n) is 2.38. The zero-order valence-electron chi connectivity index (χ0n) is 13.9. The van der Waals surface area contributed by atoms with Crippen LogP contribution in [0.1, 0.15) is 18.2 Å². The summed E-state index contributed by atoms with van der Waals surface area (Å²) in [4.78, 5) is 5.04. The van der Waals surface area contributed by atoms with Gasteiger partial charge in [-0.05, 0) is 44.2 Å². The van der Waals surface area contributed by atoms with Crippen LogP contribution in [0.15, 0.2) is 52.6 Å². The summed E-state index contributed by atoms with van der Waals surface area (Å²) >= 11 is 13.8. The van der Waals surface area contributed by atoms with Crippen molar-refractivity contribution in [3.63, 3.8) is 0 Å². The van der Waals surface area contributed by atoms with E-state index < -0.39 is 0 Å². The molecule has 0 fully saturated rings. The first-order valence-corrected chi connectivity index (χ1v) is 9.37. The van der Waals surface area contributed by atoms with Crippen LogP contribution in [0.4, 0.5) is 0 Å². The minimum atomic E-state index is 0.425. The molecular formula is C18H17Cl2N3OS. The van der Waals surface area contributed by atoms with Crippen molar-refractivity contribution in [1.29, 1.82) is 0 Å². The number of hydrogen-bond acceptors (Lipinski definition) is 4. The highest BCUT2D eigenvalue weighted by Crippen LogP contribution is 2.35. The predicted molar refractivity (Wildman–Crippen MR) is 102 cm³/mol. The summed E-state index contributed by atoms with van der Waals surface area (Å²) in [5, 5.41) is 6.87. The Hall–Kier alpha value is -1.69. The van der Waals surface area contributed by atoms with Gasteiger partial charge in [-0.1, -0.05) is 35.0 Å². The van der Waals surface area contributed by atoms with Gasteiger partial charge in [-0.3, -0.25) is 9.67 Å². The van der Waals surface area contributed by atoms with Gasteiger partial charge in [0.05, 0.1) is 11.9 Å². The SMILES string of the molecule is CCn1nc(C)c(COc2cccnc2)c1Sc1cc(Cl)cc(Cl)c1. The van der Waals surface area contributed by atoms with Gasteiger partial charge in [0.25, 0.3) is 0 Å². The minimum absolute atomic E-state index is 0.425. The van der Waals surface area contributed by atoms with E-state index in [2.05, 4.69) is 17.0 Å². The van der Waals surface area contributed by atoms with Gasteiger partial charge in [0.2, 0.25) is 0 Å². The molecule has 4 nitrogen and oxygen atoms in total. The number of ether oxygens (including phenoxy) is 1. The molecule has 7 heteroatoms. The standard InChI is InChI=1S/C18H17Cl2N3OS/c1-3-23-18(25-16-8-13(19)7-14(20)9-16)17(12(2)22-23)11-24-15-5-4-6-21-10-15/h4-10H,3,11H2,1-2H3. The fraction of sp³-hybridized carbons (Fsp3) is 0.222. The van der Waals surface area contributed by atoms with Crippen molar-refractivity contribution in [3.8, 4) is 5.75 Å². The van der Waals surface area contributed by atoms with Gasteiger partial charge in [0.15, 0.2) is 0 Å². The largest absolute Gasteiger partial charge is 0.487 e. The smallest absolute Gasteiger partial charge is 0.138 e. The third-order valence-corrected chi connectivity index (χ3v) is 5.13. The van der Waals surface area contributed by atoms with E-state index in [9.17, 15) is 0 Å². The molecule has 0 bridgehead atoms. The van der Waals surface area contributed by atoms with Crippen molar-refractivity contribution < 1.29 is 4.74 Å². The van der Waals surface area contributed by atoms with Gasteiger partial charge in [-0.25, -0.2) is 0 Å². The van der Waals surface area contributed by atoms with E-state index in [1.807, 2.05) is 35.9 Å². The summed E-state index contributed by atoms with van der Waals surface area (Å²) in [6, 6.07) is 9.25. The molecule has 1 aromatic carbocycles. The maximum absolute atomic E-state index is 6.12. The van der Waals surface area contributed by atoms with Gasteiger partial charge in [-0.2, -0.15) is 5.10 Å². The summed E-state index contributed by atoms with van der Waals surface area (Å²) in [7, 11) is 0. The number of aromatic nitrogens is 3. The molecule has 25 heavy (non-hydrogen) atoms. The molecule has 0 N–H and O–H groups in total. The van der Waals surface area contributed by atoms with Crippen LogP contribution >= 0.6 is 35.0 Å². The van der Waals surface area contributed by atoms with E-state index in [1.54, 1.807) is 30.2 Å². The number of pyridine rings is 1. The van der Waals surface area contributed by atoms with E-state index >= 15 is 0 Å². The zero-order valence-corrected chi connectivity index (χ0v) is 16.2. The molecule has 0 saturated carbocycles. The highest BCUT2D eigenvalue weighted by Gasteiger charge is 2.17. The van der Waals surface area contributed by atoms with E-state index in [-0.39, 0.29) is 0 Å². The van der Waals surface area contributed by atoms with E-state index in [4.69, 9.17) is 27.9 Å². The Morgan fingerprint density at radius 2 is 1.96 bits per heavy atom. The molecule has 0 radical (unpaired) electrons. The lowest BCUT2D eigenvalue weighted by molar-refractivity contribution is 0.300. The average Bonchev–Trinajstić information content (AvgIpc) is 2.88. The zero-order chi connectivity index (χ0) is 17.8. The number of halogens is 2. The summed E-state index contributed by atoms with van der Waals surface area (Å²) in [6.45, 7) is 5.24. The van der Waals surface area contributed by atoms with Crippen molar-refractivity contribution in [2.24, 2.45) is 0 Å². The predicted octanol–water partition coefficient (Wildman–Crippen LogP) is 5.64. The first-order chi connectivity index (χ1) is 12.1. The summed E-state index contributed by atoms with van der Waals surface area (Å²) in [5.74, 6) is 0.730. The molecule has 3 rings (SSSR count). The fourth-order valence-corrected chi connectivity index (χ4v) is 4.23. The van der Waals surface area contributed by atoms with Crippen molar-refractivity contribution in [2.45, 2.75) is 36.9 Å². The Kier molecular flexibility index (Phi) is 5.89. The van der Waals surface area contributed by atoms with Gasteiger partial charge in [0.1, 0.15) is 17.4 Å². The first-order valence-electron chi connectivity index (χ1n) is 7.80. The van der Waals surface area contributed by atoms with Crippen LogP contribution in [-0.2, 0) is 13.2 Å². The summed E-state index contributed by atoms with van der Waals surface area (Å²) < 4.78 is 7.84. The van der Waals surface area contributed by atoms with Crippen LogP contribution in [0.2, 0.25) is 10.0 Å². The Balaban J connectivity index is 1.89. The van der Waals surface area contributed by atoms with Crippen LogP contribution in [0.3, 0.4) is 0 Å². The lowest BCUT2D eigenvalue weighted by atomic mass is 10.3. The molecular weight excluding hydrogens is 377 g/mol. The van der Waals surface area contributed by atoms with Crippen molar-refractivity contribution in [3.05, 3.63) is 64.0 Å². The van der Waals surface area contributed by atoms with Gasteiger partial charge < -0.3 is 4.74 Å². The maximum Gasteiger partial charge on any atom is 0.138 e. The minimum Gasteiger partial charge on any atom is -0.487 e. The van der Waals surface area contributed by atoms with Crippen LogP contribution in [-0.4, -0.2) is 14.8 Å². The third-order valence-electron chi connectivity index (χ3n) is 3.57. The van der Waals surface area contributed by atoms with E-state index in [1.165, 1.54) is 0 Å². The van der Waals surface area contributed by atoms with Crippen LogP contribution < -0.4 is 4.74 Å². The molecule has 0 atom stereocenters. The highest BCUT2D eigenvalue weighted by atomic mass is 35.5. The molecule has 0 spiro atoms. The Morgan fingerprint density at radius 1 is 1.20 bits per heavy atom. The number of rotatable bonds is 6. The number of nitrogens with zero attached hydrogens (tertiary/aromatic N) is 3. The highest BCUT2D eigenvalue weighted by molar-refractivity contribution is 7.99. The molecule has 0 aliphatic rings. The van der Waals surface area contributed by atoms with Crippen LogP contribution in [0.25, 0.3) is 0 Å². The third kappa shape index (κ3) is 4.48. The van der Waals surface area contributed by atoms with E-state index in [0.717, 1.165) is 33.5 Å². The topological polar surface area (TPSA) is 39.9 Å². The second-order valence-corrected chi connectivity index (χ2v) is 7.30. The van der Waals surface area contributed by atoms with Crippen LogP contribution in [0.5, 0.6) is 5.75 Å². The Morgan fingerprint density at radius 3 is 2.60 bits per heavy atom. The monoisotopic (exact) mass is 393 g/mol. The van der Waals surface area contributed by atoms with Gasteiger partial charge >= 0.3 is 0 Å². The quantitative estimate of drug-likeness (QED) is 0.542. The first kappa shape index (κ1) is 18.1. The Labute approximate surface area is 161 Å². The van der Waals surface area contributed by atoms with Crippen molar-refractivity contribution in [2.75, 3.05) is 0 Å². The molecule has 0 unspecified atom stereocenters. The summed E-state index contributed by atoms with van der Waals surface area (Å²) in [6.07, 6.45) is 3.42. The van der Waals surface area contributed by atoms with Crippen molar-refractivity contribution in [1.82, 2.24) is 14.8 Å². The lowest BCUT2D eigenvalue weighted by Gasteiger charge is -2.10. The molecule has 2 aromatic heterocycles. The molecule has 2 heterocycles. The van der Waals surface area contributed by atoms with Gasteiger partial charge in [-0.15, -0.1) is 0 Å². The number of aryl methyl sites for hydroxylation is 2. The number of benzene rings is 1. The number of hydrogen-bond donors (Lipinski definition) is 0. The normalized spacial score (nSPS) is 10.9. The molecule has 0 amide bonds. The molecule has 0 saturated heterocycles. The van der Waals surface area contributed by atoms with Crippen LogP contribution in [0, 0.1) is 6.92 Å². The molecule has 130 valence electrons. The average molecular weight is 394 g/mol. The van der Waals surface area contributed by atoms with Gasteiger partial charge in [0, 0.05) is 33.2 Å². The molecule has 0 aliphatic heterocycles. The maximum atomic E-state index is 6.12. The second-order valence-electron chi connectivity index (χ2n) is 5.37. The van der Waals surface area contributed by atoms with E-state index in [0.29, 0.717) is 16.7 Å². The second kappa shape index (κ2) is 8.13. The molecule has 3 aromatic rings.